The fourth-order valence-electron chi connectivity index (χ4n) is 3.35. The number of para-hydroxylation sites is 1. The van der Waals surface area contributed by atoms with Crippen molar-refractivity contribution in [3.05, 3.63) is 80.9 Å². The number of nitrogens with zero attached hydrogens (tertiary/aromatic N) is 4. The van der Waals surface area contributed by atoms with Crippen LogP contribution in [0.1, 0.15) is 24.4 Å². The van der Waals surface area contributed by atoms with Crippen LogP contribution in [0.25, 0.3) is 16.6 Å². The fraction of sp³-hybridized carbons (Fsp3) is 0.143. The molecule has 3 N–H and O–H groups in total. The highest BCUT2D eigenvalue weighted by Gasteiger charge is 2.34. The van der Waals surface area contributed by atoms with E-state index in [-0.39, 0.29) is 17.3 Å². The lowest BCUT2D eigenvalue weighted by atomic mass is 10.1. The van der Waals surface area contributed by atoms with Crippen LogP contribution in [0.2, 0.25) is 0 Å². The molecule has 2 aromatic heterocycles. The molecule has 7 nitrogen and oxygen atoms in total. The van der Waals surface area contributed by atoms with E-state index in [4.69, 9.17) is 5.73 Å². The van der Waals surface area contributed by atoms with Gasteiger partial charge in [0.15, 0.2) is 0 Å². The summed E-state index contributed by atoms with van der Waals surface area (Å²) >= 11 is 3.32. The smallest absolute Gasteiger partial charge is 0.368 e. The number of hydrogen-bond acceptors (Lipinski definition) is 6. The quantitative estimate of drug-likeness (QED) is 0.417. The summed E-state index contributed by atoms with van der Waals surface area (Å²) in [5.74, 6) is 0.588. The highest BCUT2D eigenvalue weighted by atomic mass is 79.9. The van der Waals surface area contributed by atoms with Crippen molar-refractivity contribution in [2.45, 2.75) is 19.1 Å². The molecule has 0 aliphatic carbocycles. The van der Waals surface area contributed by atoms with Crippen molar-refractivity contribution in [2.24, 2.45) is 0 Å². The summed E-state index contributed by atoms with van der Waals surface area (Å²) in [6.45, 7) is 1.71. The van der Waals surface area contributed by atoms with E-state index in [1.54, 1.807) is 37.3 Å². The summed E-state index contributed by atoms with van der Waals surface area (Å²) in [5, 5.41) is 2.60. The van der Waals surface area contributed by atoms with Crippen molar-refractivity contribution in [1.29, 1.82) is 0 Å². The summed E-state index contributed by atoms with van der Waals surface area (Å²) in [7, 11) is 0. The number of aromatic nitrogens is 4. The molecule has 0 fully saturated rings. The summed E-state index contributed by atoms with van der Waals surface area (Å²) in [4.78, 5) is 25.9. The van der Waals surface area contributed by atoms with Gasteiger partial charge < -0.3 is 11.1 Å². The molecule has 11 heteroatoms. The Morgan fingerprint density at radius 1 is 1.09 bits per heavy atom. The first-order valence-corrected chi connectivity index (χ1v) is 10.2. The van der Waals surface area contributed by atoms with Crippen molar-refractivity contribution in [2.75, 3.05) is 11.1 Å². The largest absolute Gasteiger partial charge is 0.417 e. The summed E-state index contributed by atoms with van der Waals surface area (Å²) < 4.78 is 42.6. The zero-order valence-electron chi connectivity index (χ0n) is 16.6. The lowest BCUT2D eigenvalue weighted by molar-refractivity contribution is -0.136. The first-order chi connectivity index (χ1) is 15.2. The molecule has 4 rings (SSSR count). The molecule has 32 heavy (non-hydrogen) atoms. The first kappa shape index (κ1) is 21.8. The lowest BCUT2D eigenvalue weighted by Gasteiger charge is -2.21. The standard InChI is InChI=1S/C21H16BrF3N6O/c1-11(28-17-14(22)10-27-20(26)30-17)18-29-15-9-5-8-13(21(23,24)25)16(15)19(32)31(18)12-6-3-2-4-7-12/h2-11H,1H3,(H3,26,27,28,30)/t11-/m0/s1. The van der Waals surface area contributed by atoms with E-state index in [1.165, 1.54) is 22.9 Å². The number of fused-ring (bicyclic) bond motifs is 1. The minimum atomic E-state index is -4.70. The maximum absolute atomic E-state index is 13.6. The predicted molar refractivity (Wildman–Crippen MR) is 119 cm³/mol. The summed E-state index contributed by atoms with van der Waals surface area (Å²) in [5.41, 5.74) is 4.14. The Kier molecular flexibility index (Phi) is 5.59. The number of rotatable bonds is 4. The van der Waals surface area contributed by atoms with Gasteiger partial charge in [-0.2, -0.15) is 18.2 Å². The van der Waals surface area contributed by atoms with Gasteiger partial charge in [0.1, 0.15) is 11.6 Å². The molecule has 0 saturated carbocycles. The van der Waals surface area contributed by atoms with Gasteiger partial charge in [0, 0.05) is 6.20 Å². The second-order valence-corrected chi connectivity index (χ2v) is 7.79. The van der Waals surface area contributed by atoms with E-state index in [1.807, 2.05) is 0 Å². The van der Waals surface area contributed by atoms with Crippen molar-refractivity contribution in [1.82, 2.24) is 19.5 Å². The van der Waals surface area contributed by atoms with E-state index in [9.17, 15) is 18.0 Å². The normalized spacial score (nSPS) is 12.7. The van der Waals surface area contributed by atoms with Gasteiger partial charge in [-0.1, -0.05) is 24.3 Å². The Morgan fingerprint density at radius 2 is 1.81 bits per heavy atom. The van der Waals surface area contributed by atoms with Gasteiger partial charge in [-0.15, -0.1) is 0 Å². The maximum Gasteiger partial charge on any atom is 0.417 e. The van der Waals surface area contributed by atoms with Crippen LogP contribution in [0.4, 0.5) is 24.9 Å². The van der Waals surface area contributed by atoms with E-state index >= 15 is 0 Å². The Morgan fingerprint density at radius 3 is 2.50 bits per heavy atom. The third kappa shape index (κ3) is 4.03. The molecule has 0 saturated heterocycles. The molecule has 0 spiro atoms. The molecular weight excluding hydrogens is 489 g/mol. The zero-order valence-corrected chi connectivity index (χ0v) is 18.1. The molecule has 0 unspecified atom stereocenters. The van der Waals surface area contributed by atoms with Crippen molar-refractivity contribution >= 4 is 38.6 Å². The third-order valence-corrected chi connectivity index (χ3v) is 5.33. The van der Waals surface area contributed by atoms with Gasteiger partial charge in [0.05, 0.1) is 32.7 Å². The molecule has 0 bridgehead atoms. The number of alkyl halides is 3. The molecular formula is C21H16BrF3N6O. The Labute approximate surface area is 188 Å². The zero-order chi connectivity index (χ0) is 23.0. The average Bonchev–Trinajstić information content (AvgIpc) is 2.75. The first-order valence-electron chi connectivity index (χ1n) is 9.39. The van der Waals surface area contributed by atoms with Crippen LogP contribution in [0, 0.1) is 0 Å². The maximum atomic E-state index is 13.6. The number of nitrogen functional groups attached to an aromatic ring is 1. The number of nitrogens with two attached hydrogens (primary N) is 1. The molecule has 2 heterocycles. The van der Waals surface area contributed by atoms with E-state index in [0.29, 0.717) is 16.0 Å². The van der Waals surface area contributed by atoms with Gasteiger partial charge >= 0.3 is 6.18 Å². The van der Waals surface area contributed by atoms with Gasteiger partial charge in [-0.3, -0.25) is 9.36 Å². The number of anilines is 2. The number of benzene rings is 2. The highest BCUT2D eigenvalue weighted by molar-refractivity contribution is 9.10. The molecule has 1 atom stereocenters. The van der Waals surface area contributed by atoms with Gasteiger partial charge in [0.25, 0.3) is 5.56 Å². The Balaban J connectivity index is 1.98. The Bertz CT molecular complexity index is 1360. The molecule has 0 aliphatic heterocycles. The van der Waals surface area contributed by atoms with Crippen LogP contribution in [0.3, 0.4) is 0 Å². The molecule has 0 radical (unpaired) electrons. The Hall–Kier alpha value is -3.47. The molecule has 0 amide bonds. The second-order valence-electron chi connectivity index (χ2n) is 6.93. The number of nitrogens with one attached hydrogen (secondary N) is 1. The van der Waals surface area contributed by atoms with Crippen LogP contribution in [-0.4, -0.2) is 19.5 Å². The molecule has 4 aromatic rings. The monoisotopic (exact) mass is 504 g/mol. The highest BCUT2D eigenvalue weighted by Crippen LogP contribution is 2.34. The molecule has 2 aromatic carbocycles. The molecule has 0 aliphatic rings. The number of hydrogen-bond donors (Lipinski definition) is 2. The fourth-order valence-corrected chi connectivity index (χ4v) is 3.66. The van der Waals surface area contributed by atoms with E-state index in [2.05, 4.69) is 36.2 Å². The summed E-state index contributed by atoms with van der Waals surface area (Å²) in [6.07, 6.45) is -3.24. The van der Waals surface area contributed by atoms with E-state index in [0.717, 1.165) is 6.07 Å². The number of halogens is 4. The van der Waals surface area contributed by atoms with Crippen LogP contribution in [-0.2, 0) is 6.18 Å². The third-order valence-electron chi connectivity index (χ3n) is 4.75. The van der Waals surface area contributed by atoms with Gasteiger partial charge in [0.2, 0.25) is 5.95 Å². The topological polar surface area (TPSA) is 98.7 Å². The predicted octanol–water partition coefficient (Wildman–Crippen LogP) is 4.71. The minimum absolute atomic E-state index is 0.0321. The molecule has 164 valence electrons. The summed E-state index contributed by atoms with van der Waals surface area (Å²) in [6, 6.07) is 11.2. The van der Waals surface area contributed by atoms with Gasteiger partial charge in [-0.05, 0) is 47.1 Å². The van der Waals surface area contributed by atoms with Crippen LogP contribution >= 0.6 is 15.9 Å². The lowest BCUT2D eigenvalue weighted by Crippen LogP contribution is -2.29. The van der Waals surface area contributed by atoms with Crippen LogP contribution in [0.5, 0.6) is 0 Å². The van der Waals surface area contributed by atoms with Crippen LogP contribution in [0.15, 0.2) is 64.0 Å². The van der Waals surface area contributed by atoms with Crippen molar-refractivity contribution in [3.63, 3.8) is 0 Å². The van der Waals surface area contributed by atoms with Crippen molar-refractivity contribution in [3.8, 4) is 5.69 Å². The average molecular weight is 505 g/mol. The second kappa shape index (κ2) is 8.23. The van der Waals surface area contributed by atoms with Gasteiger partial charge in [-0.25, -0.2) is 9.97 Å². The minimum Gasteiger partial charge on any atom is -0.368 e. The van der Waals surface area contributed by atoms with Crippen molar-refractivity contribution < 1.29 is 13.2 Å². The van der Waals surface area contributed by atoms with E-state index < -0.39 is 28.7 Å². The SMILES string of the molecule is C[C@H](Nc1nc(N)ncc1Br)c1nc2cccc(C(F)(F)F)c2c(=O)n1-c1ccccc1. The van der Waals surface area contributed by atoms with Crippen LogP contribution < -0.4 is 16.6 Å².